The van der Waals surface area contributed by atoms with Crippen LogP contribution in [0.5, 0.6) is 5.75 Å². The van der Waals surface area contributed by atoms with Crippen LogP contribution in [0, 0.1) is 0 Å². The minimum atomic E-state index is 0.546. The van der Waals surface area contributed by atoms with Crippen molar-refractivity contribution in [3.05, 3.63) is 45.7 Å². The minimum absolute atomic E-state index is 0.546. The zero-order valence-corrected chi connectivity index (χ0v) is 14.9. The molecular formula is C15H18Br2N2O. The Hall–Kier alpha value is -0.810. The molecule has 1 heterocycles. The molecule has 2 aromatic rings. The van der Waals surface area contributed by atoms with E-state index in [0.29, 0.717) is 6.61 Å². The first-order chi connectivity index (χ1) is 9.67. The first kappa shape index (κ1) is 15.6. The van der Waals surface area contributed by atoms with Gasteiger partial charge >= 0.3 is 0 Å². The van der Waals surface area contributed by atoms with Crippen LogP contribution >= 0.6 is 31.9 Å². The van der Waals surface area contributed by atoms with E-state index in [-0.39, 0.29) is 0 Å². The molecule has 0 fully saturated rings. The molecule has 0 aliphatic heterocycles. The molecule has 0 unspecified atom stereocenters. The highest BCUT2D eigenvalue weighted by molar-refractivity contribution is 9.10. The van der Waals surface area contributed by atoms with Crippen LogP contribution < -0.4 is 4.74 Å². The number of hydrogen-bond donors (Lipinski definition) is 0. The quantitative estimate of drug-likeness (QED) is 0.655. The maximum Gasteiger partial charge on any atom is 0.130 e. The monoisotopic (exact) mass is 400 g/mol. The van der Waals surface area contributed by atoms with Crippen LogP contribution in [0.4, 0.5) is 0 Å². The predicted molar refractivity (Wildman–Crippen MR) is 88.4 cm³/mol. The maximum absolute atomic E-state index is 5.89. The number of halogens is 2. The summed E-state index contributed by atoms with van der Waals surface area (Å²) in [5.41, 5.74) is 3.41. The maximum atomic E-state index is 5.89. The van der Waals surface area contributed by atoms with E-state index >= 15 is 0 Å². The highest BCUT2D eigenvalue weighted by Crippen LogP contribution is 2.25. The molecule has 0 amide bonds. The Morgan fingerprint density at radius 2 is 2.05 bits per heavy atom. The van der Waals surface area contributed by atoms with Crippen molar-refractivity contribution < 1.29 is 4.74 Å². The number of rotatable bonds is 6. The van der Waals surface area contributed by atoms with Gasteiger partial charge < -0.3 is 4.74 Å². The van der Waals surface area contributed by atoms with Gasteiger partial charge in [-0.25, -0.2) is 0 Å². The summed E-state index contributed by atoms with van der Waals surface area (Å²) in [7, 11) is 0. The molecule has 0 radical (unpaired) electrons. The molecule has 0 N–H and O–H groups in total. The Balaban J connectivity index is 2.10. The molecule has 2 rings (SSSR count). The number of ether oxygens (including phenoxy) is 1. The molecule has 108 valence electrons. The molecule has 0 aliphatic carbocycles. The van der Waals surface area contributed by atoms with E-state index in [1.807, 2.05) is 22.9 Å². The highest BCUT2D eigenvalue weighted by atomic mass is 79.9. The summed E-state index contributed by atoms with van der Waals surface area (Å²) in [5, 5.41) is 5.33. The second kappa shape index (κ2) is 7.27. The van der Waals surface area contributed by atoms with Crippen molar-refractivity contribution >= 4 is 31.9 Å². The van der Waals surface area contributed by atoms with E-state index in [1.54, 1.807) is 0 Å². The summed E-state index contributed by atoms with van der Waals surface area (Å²) in [4.78, 5) is 0. The van der Waals surface area contributed by atoms with Crippen molar-refractivity contribution in [1.82, 2.24) is 9.78 Å². The normalized spacial score (nSPS) is 10.8. The fraction of sp³-hybridized carbons (Fsp3) is 0.400. The largest absolute Gasteiger partial charge is 0.487 e. The summed E-state index contributed by atoms with van der Waals surface area (Å²) in [6, 6.07) is 8.16. The standard InChI is InChI=1S/C15H18Br2N2O/c1-3-12-8-13(19(4-2)18-12)10-20-14-5-6-15(17)11(7-14)9-16/h5-8H,3-4,9-10H2,1-2H3. The number of aromatic nitrogens is 2. The van der Waals surface area contributed by atoms with Crippen molar-refractivity contribution in [2.75, 3.05) is 0 Å². The lowest BCUT2D eigenvalue weighted by Gasteiger charge is -2.09. The summed E-state index contributed by atoms with van der Waals surface area (Å²) in [6.45, 7) is 5.62. The van der Waals surface area contributed by atoms with Gasteiger partial charge in [0.05, 0.1) is 11.4 Å². The van der Waals surface area contributed by atoms with Gasteiger partial charge in [0.1, 0.15) is 12.4 Å². The van der Waals surface area contributed by atoms with E-state index < -0.39 is 0 Å². The molecule has 0 saturated carbocycles. The molecule has 0 bridgehead atoms. The van der Waals surface area contributed by atoms with Gasteiger partial charge in [0.25, 0.3) is 0 Å². The van der Waals surface area contributed by atoms with E-state index in [1.165, 1.54) is 5.56 Å². The van der Waals surface area contributed by atoms with Crippen molar-refractivity contribution in [1.29, 1.82) is 0 Å². The Bertz CT molecular complexity index is 581. The summed E-state index contributed by atoms with van der Waals surface area (Å²) in [5.74, 6) is 0.879. The summed E-state index contributed by atoms with van der Waals surface area (Å²) in [6.07, 6.45) is 0.950. The second-order valence-corrected chi connectivity index (χ2v) is 5.89. The third kappa shape index (κ3) is 3.64. The average molecular weight is 402 g/mol. The predicted octanol–water partition coefficient (Wildman–Crippen LogP) is 4.70. The molecule has 0 saturated heterocycles. The van der Waals surface area contributed by atoms with Crippen LogP contribution in [-0.4, -0.2) is 9.78 Å². The SMILES string of the molecule is CCc1cc(COc2ccc(Br)c(CBr)c2)n(CC)n1. The van der Waals surface area contributed by atoms with Crippen molar-refractivity contribution in [3.63, 3.8) is 0 Å². The lowest BCUT2D eigenvalue weighted by molar-refractivity contribution is 0.292. The van der Waals surface area contributed by atoms with Gasteiger partial charge in [-0.1, -0.05) is 38.8 Å². The minimum Gasteiger partial charge on any atom is -0.487 e. The van der Waals surface area contributed by atoms with E-state index in [0.717, 1.165) is 39.9 Å². The van der Waals surface area contributed by atoms with Gasteiger partial charge in [-0.3, -0.25) is 4.68 Å². The second-order valence-electron chi connectivity index (χ2n) is 4.47. The molecule has 1 aromatic carbocycles. The third-order valence-corrected chi connectivity index (χ3v) is 4.50. The summed E-state index contributed by atoms with van der Waals surface area (Å²) < 4.78 is 8.98. The Morgan fingerprint density at radius 3 is 2.70 bits per heavy atom. The number of hydrogen-bond acceptors (Lipinski definition) is 2. The van der Waals surface area contributed by atoms with E-state index in [9.17, 15) is 0 Å². The van der Waals surface area contributed by atoms with Gasteiger partial charge in [0, 0.05) is 16.3 Å². The van der Waals surface area contributed by atoms with Crippen molar-refractivity contribution in [2.45, 2.75) is 38.8 Å². The third-order valence-electron chi connectivity index (χ3n) is 3.12. The van der Waals surface area contributed by atoms with Crippen LogP contribution in [0.1, 0.15) is 30.8 Å². The summed E-state index contributed by atoms with van der Waals surface area (Å²) >= 11 is 7.00. The highest BCUT2D eigenvalue weighted by Gasteiger charge is 2.07. The van der Waals surface area contributed by atoms with Gasteiger partial charge in [0.15, 0.2) is 0 Å². The molecule has 0 spiro atoms. The zero-order chi connectivity index (χ0) is 14.5. The van der Waals surface area contributed by atoms with Crippen LogP contribution in [0.25, 0.3) is 0 Å². The molecule has 0 aliphatic rings. The van der Waals surface area contributed by atoms with Crippen LogP contribution in [0.15, 0.2) is 28.7 Å². The number of nitrogens with zero attached hydrogens (tertiary/aromatic N) is 2. The van der Waals surface area contributed by atoms with Crippen molar-refractivity contribution in [2.24, 2.45) is 0 Å². The van der Waals surface area contributed by atoms with Crippen LogP contribution in [0.3, 0.4) is 0 Å². The first-order valence-electron chi connectivity index (χ1n) is 6.70. The van der Waals surface area contributed by atoms with Crippen LogP contribution in [-0.2, 0) is 24.9 Å². The number of aryl methyl sites for hydroxylation is 2. The molecule has 0 atom stereocenters. The lowest BCUT2D eigenvalue weighted by Crippen LogP contribution is -2.06. The van der Waals surface area contributed by atoms with Crippen LogP contribution in [0.2, 0.25) is 0 Å². The fourth-order valence-corrected chi connectivity index (χ4v) is 3.21. The number of benzene rings is 1. The molecular weight excluding hydrogens is 384 g/mol. The Kier molecular flexibility index (Phi) is 5.66. The van der Waals surface area contributed by atoms with E-state index in [4.69, 9.17) is 4.74 Å². The van der Waals surface area contributed by atoms with E-state index in [2.05, 4.69) is 56.9 Å². The molecule has 5 heteroatoms. The molecule has 20 heavy (non-hydrogen) atoms. The topological polar surface area (TPSA) is 27.1 Å². The number of alkyl halides is 1. The zero-order valence-electron chi connectivity index (χ0n) is 11.7. The first-order valence-corrected chi connectivity index (χ1v) is 8.62. The van der Waals surface area contributed by atoms with Gasteiger partial charge in [-0.15, -0.1) is 0 Å². The average Bonchev–Trinajstić information content (AvgIpc) is 2.88. The molecule has 1 aromatic heterocycles. The molecule has 3 nitrogen and oxygen atoms in total. The fourth-order valence-electron chi connectivity index (χ4n) is 1.98. The Morgan fingerprint density at radius 1 is 1.25 bits per heavy atom. The van der Waals surface area contributed by atoms with Gasteiger partial charge in [0.2, 0.25) is 0 Å². The van der Waals surface area contributed by atoms with Crippen molar-refractivity contribution in [3.8, 4) is 5.75 Å². The smallest absolute Gasteiger partial charge is 0.130 e. The van der Waals surface area contributed by atoms with Gasteiger partial charge in [-0.2, -0.15) is 5.10 Å². The Labute approximate surface area is 136 Å². The lowest BCUT2D eigenvalue weighted by atomic mass is 10.2. The van der Waals surface area contributed by atoms with Gasteiger partial charge in [-0.05, 0) is 43.2 Å².